The minimum absolute atomic E-state index is 0.234. The molecule has 2 rings (SSSR count). The fourth-order valence-electron chi connectivity index (χ4n) is 1.74. The second-order valence-corrected chi connectivity index (χ2v) is 4.25. The summed E-state index contributed by atoms with van der Waals surface area (Å²) in [5, 5.41) is 5.38. The van der Waals surface area contributed by atoms with E-state index in [0.29, 0.717) is 19.0 Å². The van der Waals surface area contributed by atoms with E-state index in [9.17, 15) is 4.79 Å². The molecule has 2 amide bonds. The molecule has 2 N–H and O–H groups in total. The second-order valence-electron chi connectivity index (χ2n) is 3.87. The number of halogens is 1. The number of alkyl halides is 1. The number of carbonyl (C=O) groups excluding carboxylic acids is 1. The predicted molar refractivity (Wildman–Crippen MR) is 71.7 cm³/mol. The molecule has 0 aliphatic rings. The lowest BCUT2D eigenvalue weighted by molar-refractivity contribution is 0.241. The molecule has 18 heavy (non-hydrogen) atoms. The van der Waals surface area contributed by atoms with Crippen LogP contribution < -0.4 is 10.6 Å². The number of hydrogen-bond donors (Lipinski definition) is 2. The van der Waals surface area contributed by atoms with Crippen molar-refractivity contribution >= 4 is 28.7 Å². The Bertz CT molecular complexity index is 552. The third kappa shape index (κ3) is 2.73. The number of rotatable bonds is 4. The number of urea groups is 1. The molecule has 5 nitrogen and oxygen atoms in total. The lowest BCUT2D eigenvalue weighted by Crippen LogP contribution is -2.36. The van der Waals surface area contributed by atoms with Crippen molar-refractivity contribution in [2.75, 3.05) is 12.4 Å². The van der Waals surface area contributed by atoms with Gasteiger partial charge in [0.1, 0.15) is 5.82 Å². The third-order valence-electron chi connectivity index (χ3n) is 2.67. The van der Waals surface area contributed by atoms with Crippen molar-refractivity contribution in [3.05, 3.63) is 30.1 Å². The minimum Gasteiger partial charge on any atom is -0.337 e. The number of benzene rings is 1. The summed E-state index contributed by atoms with van der Waals surface area (Å²) in [6.45, 7) is 0.842. The maximum Gasteiger partial charge on any atom is 0.315 e. The molecule has 0 aliphatic heterocycles. The van der Waals surface area contributed by atoms with Crippen molar-refractivity contribution in [3.63, 3.8) is 0 Å². The highest BCUT2D eigenvalue weighted by Crippen LogP contribution is 2.13. The van der Waals surface area contributed by atoms with Gasteiger partial charge in [-0.25, -0.2) is 9.78 Å². The van der Waals surface area contributed by atoms with E-state index in [-0.39, 0.29) is 6.03 Å². The molecular weight excluding hydrogens is 252 g/mol. The van der Waals surface area contributed by atoms with Crippen molar-refractivity contribution in [2.24, 2.45) is 7.05 Å². The first-order chi connectivity index (χ1) is 8.72. The van der Waals surface area contributed by atoms with E-state index >= 15 is 0 Å². The van der Waals surface area contributed by atoms with Gasteiger partial charge in [0, 0.05) is 19.5 Å². The van der Waals surface area contributed by atoms with Crippen molar-refractivity contribution in [1.82, 2.24) is 20.2 Å². The monoisotopic (exact) mass is 266 g/mol. The average Bonchev–Trinajstić information content (AvgIpc) is 2.71. The molecule has 0 aliphatic carbocycles. The van der Waals surface area contributed by atoms with Crippen LogP contribution in [0.1, 0.15) is 5.82 Å². The highest BCUT2D eigenvalue weighted by Gasteiger charge is 2.07. The molecule has 0 saturated heterocycles. The predicted octanol–water partition coefficient (Wildman–Crippen LogP) is 1.61. The van der Waals surface area contributed by atoms with Gasteiger partial charge in [-0.3, -0.25) is 0 Å². The maximum atomic E-state index is 11.4. The highest BCUT2D eigenvalue weighted by atomic mass is 35.5. The zero-order valence-corrected chi connectivity index (χ0v) is 10.9. The zero-order valence-electron chi connectivity index (χ0n) is 10.1. The van der Waals surface area contributed by atoms with Gasteiger partial charge in [-0.2, -0.15) is 0 Å². The Hall–Kier alpha value is -1.75. The van der Waals surface area contributed by atoms with Crippen LogP contribution in [0, 0.1) is 0 Å². The molecule has 0 radical (unpaired) electrons. The van der Waals surface area contributed by atoms with E-state index in [4.69, 9.17) is 11.6 Å². The Labute approximate surface area is 110 Å². The molecule has 2 aromatic rings. The van der Waals surface area contributed by atoms with Crippen LogP contribution in [0.2, 0.25) is 0 Å². The summed E-state index contributed by atoms with van der Waals surface area (Å²) in [6.07, 6.45) is 0. The number of fused-ring (bicyclic) bond motifs is 1. The van der Waals surface area contributed by atoms with Gasteiger partial charge in [-0.1, -0.05) is 12.1 Å². The van der Waals surface area contributed by atoms with Crippen LogP contribution >= 0.6 is 11.6 Å². The zero-order chi connectivity index (χ0) is 13.0. The largest absolute Gasteiger partial charge is 0.337 e. The molecule has 0 unspecified atom stereocenters. The van der Waals surface area contributed by atoms with Gasteiger partial charge in [-0.05, 0) is 12.1 Å². The summed E-state index contributed by atoms with van der Waals surface area (Å²) in [7, 11) is 1.93. The van der Waals surface area contributed by atoms with Crippen LogP contribution in [0.3, 0.4) is 0 Å². The molecule has 1 aromatic heterocycles. The van der Waals surface area contributed by atoms with E-state index in [2.05, 4.69) is 15.6 Å². The van der Waals surface area contributed by atoms with Gasteiger partial charge in [-0.15, -0.1) is 11.6 Å². The van der Waals surface area contributed by atoms with E-state index < -0.39 is 0 Å². The fourth-order valence-corrected chi connectivity index (χ4v) is 1.83. The number of nitrogens with zero attached hydrogens (tertiary/aromatic N) is 2. The van der Waals surface area contributed by atoms with Gasteiger partial charge in [0.05, 0.1) is 17.6 Å². The summed E-state index contributed by atoms with van der Waals surface area (Å²) in [6, 6.07) is 7.63. The molecule has 0 saturated carbocycles. The topological polar surface area (TPSA) is 59.0 Å². The van der Waals surface area contributed by atoms with E-state index in [1.54, 1.807) is 0 Å². The van der Waals surface area contributed by atoms with Gasteiger partial charge < -0.3 is 15.2 Å². The van der Waals surface area contributed by atoms with Crippen LogP contribution in [0.25, 0.3) is 11.0 Å². The first kappa shape index (κ1) is 12.7. The van der Waals surface area contributed by atoms with Crippen LogP contribution in [-0.2, 0) is 13.6 Å². The fraction of sp³-hybridized carbons (Fsp3) is 0.333. The van der Waals surface area contributed by atoms with E-state index in [1.165, 1.54) is 0 Å². The number of hydrogen-bond acceptors (Lipinski definition) is 2. The Morgan fingerprint density at radius 3 is 2.89 bits per heavy atom. The van der Waals surface area contributed by atoms with Crippen LogP contribution in [0.5, 0.6) is 0 Å². The second kappa shape index (κ2) is 5.73. The highest BCUT2D eigenvalue weighted by molar-refractivity contribution is 6.18. The molecule has 1 aromatic carbocycles. The Balaban J connectivity index is 2.03. The molecule has 96 valence electrons. The average molecular weight is 267 g/mol. The Morgan fingerprint density at radius 2 is 2.17 bits per heavy atom. The summed E-state index contributed by atoms with van der Waals surface area (Å²) in [4.78, 5) is 15.8. The molecule has 0 atom stereocenters. The molecule has 0 bridgehead atoms. The van der Waals surface area contributed by atoms with Crippen molar-refractivity contribution in [2.45, 2.75) is 6.54 Å². The number of amides is 2. The SMILES string of the molecule is Cn1c(CNC(=O)NCCCl)nc2ccccc21. The van der Waals surface area contributed by atoms with E-state index in [0.717, 1.165) is 16.9 Å². The maximum absolute atomic E-state index is 11.4. The lowest BCUT2D eigenvalue weighted by atomic mass is 10.3. The van der Waals surface area contributed by atoms with Crippen molar-refractivity contribution < 1.29 is 4.79 Å². The lowest BCUT2D eigenvalue weighted by Gasteiger charge is -2.06. The third-order valence-corrected chi connectivity index (χ3v) is 2.86. The summed E-state index contributed by atoms with van der Waals surface area (Å²) in [5.74, 6) is 1.22. The normalized spacial score (nSPS) is 10.6. The van der Waals surface area contributed by atoms with Crippen LogP contribution in [0.4, 0.5) is 4.79 Å². The Kier molecular flexibility index (Phi) is 4.04. The summed E-state index contributed by atoms with van der Waals surface area (Å²) >= 11 is 5.48. The van der Waals surface area contributed by atoms with Crippen LogP contribution in [-0.4, -0.2) is 28.0 Å². The number of aromatic nitrogens is 2. The van der Waals surface area contributed by atoms with Gasteiger partial charge in [0.25, 0.3) is 0 Å². The quantitative estimate of drug-likeness (QED) is 0.826. The number of aryl methyl sites for hydroxylation is 1. The van der Waals surface area contributed by atoms with Gasteiger partial charge >= 0.3 is 6.03 Å². The van der Waals surface area contributed by atoms with E-state index in [1.807, 2.05) is 35.9 Å². The van der Waals surface area contributed by atoms with Gasteiger partial charge in [0.15, 0.2) is 0 Å². The minimum atomic E-state index is -0.234. The molecule has 0 spiro atoms. The number of nitrogens with one attached hydrogen (secondary N) is 2. The number of para-hydroxylation sites is 2. The first-order valence-corrected chi connectivity index (χ1v) is 6.24. The Morgan fingerprint density at radius 1 is 1.39 bits per heavy atom. The molecular formula is C12H15ClN4O. The first-order valence-electron chi connectivity index (χ1n) is 5.70. The number of carbonyl (C=O) groups is 1. The van der Waals surface area contributed by atoms with Gasteiger partial charge in [0.2, 0.25) is 0 Å². The van der Waals surface area contributed by atoms with Crippen molar-refractivity contribution in [3.8, 4) is 0 Å². The standard InChI is InChI=1S/C12H15ClN4O/c1-17-10-5-3-2-4-9(10)16-11(17)8-15-12(18)14-7-6-13/h2-5H,6-8H2,1H3,(H2,14,15,18). The molecule has 1 heterocycles. The van der Waals surface area contributed by atoms with Crippen molar-refractivity contribution in [1.29, 1.82) is 0 Å². The number of imidazole rings is 1. The smallest absolute Gasteiger partial charge is 0.315 e. The summed E-state index contributed by atoms with van der Waals surface area (Å²) < 4.78 is 1.97. The summed E-state index contributed by atoms with van der Waals surface area (Å²) in [5.41, 5.74) is 1.98. The van der Waals surface area contributed by atoms with Crippen LogP contribution in [0.15, 0.2) is 24.3 Å². The molecule has 0 fully saturated rings. The molecule has 6 heteroatoms.